The van der Waals surface area contributed by atoms with Gasteiger partial charge in [0.05, 0.1) is 13.2 Å². The number of hydrogen-bond donors (Lipinski definition) is 2. The lowest BCUT2D eigenvalue weighted by Gasteiger charge is -2.09. The van der Waals surface area contributed by atoms with E-state index in [4.69, 9.17) is 11.5 Å². The Labute approximate surface area is 129 Å². The van der Waals surface area contributed by atoms with E-state index in [1.165, 1.54) is 0 Å². The molecule has 1 aromatic rings. The molecule has 118 valence electrons. The van der Waals surface area contributed by atoms with E-state index in [2.05, 4.69) is 26.6 Å². The maximum absolute atomic E-state index is 12.1. The Morgan fingerprint density at radius 2 is 2.27 bits per heavy atom. The molecule has 2 heterocycles. The largest absolute Gasteiger partial charge is 0.394 e. The van der Waals surface area contributed by atoms with Crippen molar-refractivity contribution in [1.29, 1.82) is 0 Å². The molecule has 22 heavy (non-hydrogen) atoms. The van der Waals surface area contributed by atoms with Crippen molar-refractivity contribution in [2.75, 3.05) is 13.2 Å². The van der Waals surface area contributed by atoms with E-state index in [9.17, 15) is 4.79 Å². The lowest BCUT2D eigenvalue weighted by Crippen LogP contribution is -2.28. The van der Waals surface area contributed by atoms with Crippen LogP contribution < -0.4 is 5.32 Å². The highest BCUT2D eigenvalue weighted by atomic mass is 16.3. The number of nitrogens with zero attached hydrogens (tertiary/aromatic N) is 4. The number of amides is 1. The van der Waals surface area contributed by atoms with Crippen molar-refractivity contribution in [3.05, 3.63) is 17.5 Å². The summed E-state index contributed by atoms with van der Waals surface area (Å²) in [4.78, 5) is 12.1. The Morgan fingerprint density at radius 1 is 1.50 bits per heavy atom. The zero-order chi connectivity index (χ0) is 16.0. The van der Waals surface area contributed by atoms with Crippen LogP contribution in [0.1, 0.15) is 42.4 Å². The summed E-state index contributed by atoms with van der Waals surface area (Å²) in [6.07, 6.45) is 8.01. The van der Waals surface area contributed by atoms with Crippen molar-refractivity contribution < 1.29 is 9.90 Å². The highest BCUT2D eigenvalue weighted by Crippen LogP contribution is 2.35. The number of aryl methyl sites for hydroxylation is 1. The zero-order valence-electron chi connectivity index (χ0n) is 12.7. The molecule has 1 amide bonds. The average molecular weight is 303 g/mol. The number of aliphatic hydroxyl groups is 1. The molecule has 0 spiro atoms. The van der Waals surface area contributed by atoms with Crippen LogP contribution in [0.3, 0.4) is 0 Å². The number of hydrogen-bond acceptors (Lipinski definition) is 5. The number of aliphatic hydroxyl groups excluding tert-OH is 1. The summed E-state index contributed by atoms with van der Waals surface area (Å²) in [5.41, 5.74) is 0.911. The van der Waals surface area contributed by atoms with Gasteiger partial charge in [-0.1, -0.05) is 6.92 Å². The van der Waals surface area contributed by atoms with Crippen LogP contribution >= 0.6 is 0 Å². The topological polar surface area (TPSA) is 91.9 Å². The van der Waals surface area contributed by atoms with Gasteiger partial charge in [-0.05, 0) is 12.5 Å². The third-order valence-electron chi connectivity index (χ3n) is 3.63. The van der Waals surface area contributed by atoms with Gasteiger partial charge in [-0.3, -0.25) is 9.48 Å². The smallest absolute Gasteiger partial charge is 0.271 e. The maximum Gasteiger partial charge on any atom is 0.271 e. The molecule has 0 unspecified atom stereocenters. The monoisotopic (exact) mass is 303 g/mol. The maximum atomic E-state index is 12.1. The SMILES string of the molecule is C#CCCC1(CCNC(=O)c2cc(CC)n(CCO)n2)N=N1. The van der Waals surface area contributed by atoms with Gasteiger partial charge in [-0.2, -0.15) is 15.3 Å². The number of carbonyl (C=O) groups is 1. The van der Waals surface area contributed by atoms with Gasteiger partial charge in [0.1, 0.15) is 5.69 Å². The summed E-state index contributed by atoms with van der Waals surface area (Å²) in [5, 5.41) is 24.1. The predicted octanol–water partition coefficient (Wildman–Crippen LogP) is 1.13. The normalized spacial score (nSPS) is 14.6. The van der Waals surface area contributed by atoms with Crippen molar-refractivity contribution in [1.82, 2.24) is 15.1 Å². The second-order valence-corrected chi connectivity index (χ2v) is 5.21. The average Bonchev–Trinajstić information content (AvgIpc) is 3.16. The van der Waals surface area contributed by atoms with Crippen molar-refractivity contribution in [3.8, 4) is 12.3 Å². The molecule has 1 aliphatic rings. The first kappa shape index (κ1) is 16.2. The molecule has 0 aromatic carbocycles. The number of aromatic nitrogens is 2. The van der Waals surface area contributed by atoms with Crippen LogP contribution in [0.2, 0.25) is 0 Å². The van der Waals surface area contributed by atoms with E-state index >= 15 is 0 Å². The molecule has 0 atom stereocenters. The van der Waals surface area contributed by atoms with E-state index < -0.39 is 0 Å². The number of carbonyl (C=O) groups excluding carboxylic acids is 1. The number of rotatable bonds is 9. The van der Waals surface area contributed by atoms with Crippen molar-refractivity contribution in [2.24, 2.45) is 10.2 Å². The van der Waals surface area contributed by atoms with Gasteiger partial charge in [0.25, 0.3) is 5.91 Å². The van der Waals surface area contributed by atoms with Gasteiger partial charge >= 0.3 is 0 Å². The predicted molar refractivity (Wildman–Crippen MR) is 81.3 cm³/mol. The van der Waals surface area contributed by atoms with Crippen LogP contribution in [-0.4, -0.2) is 39.6 Å². The summed E-state index contributed by atoms with van der Waals surface area (Å²) < 4.78 is 1.66. The molecule has 0 radical (unpaired) electrons. The molecular formula is C15H21N5O2. The standard InChI is InChI=1S/C15H21N5O2/c1-3-5-6-15(18-19-15)7-8-16-14(22)13-11-12(4-2)20(17-13)9-10-21/h1,11,21H,4-10H2,2H3,(H,16,22). The summed E-state index contributed by atoms with van der Waals surface area (Å²) in [6.45, 7) is 2.85. The fourth-order valence-electron chi connectivity index (χ4n) is 2.27. The molecule has 1 aromatic heterocycles. The van der Waals surface area contributed by atoms with E-state index in [1.807, 2.05) is 6.92 Å². The van der Waals surface area contributed by atoms with Gasteiger partial charge < -0.3 is 10.4 Å². The van der Waals surface area contributed by atoms with Gasteiger partial charge in [-0.15, -0.1) is 12.3 Å². The van der Waals surface area contributed by atoms with E-state index in [0.29, 0.717) is 31.6 Å². The Morgan fingerprint density at radius 3 is 2.86 bits per heavy atom. The van der Waals surface area contributed by atoms with Crippen LogP contribution in [0, 0.1) is 12.3 Å². The summed E-state index contributed by atoms with van der Waals surface area (Å²) in [7, 11) is 0. The van der Waals surface area contributed by atoms with Crippen molar-refractivity contribution >= 4 is 5.91 Å². The molecule has 0 saturated carbocycles. The second-order valence-electron chi connectivity index (χ2n) is 5.21. The minimum Gasteiger partial charge on any atom is -0.394 e. The lowest BCUT2D eigenvalue weighted by atomic mass is 10.0. The van der Waals surface area contributed by atoms with E-state index in [-0.39, 0.29) is 18.2 Å². The van der Waals surface area contributed by atoms with E-state index in [1.54, 1.807) is 10.7 Å². The quantitative estimate of drug-likeness (QED) is 0.670. The number of nitrogens with one attached hydrogen (secondary N) is 1. The molecule has 2 N–H and O–H groups in total. The van der Waals surface area contributed by atoms with Crippen LogP contribution in [-0.2, 0) is 13.0 Å². The molecule has 2 rings (SSSR count). The Balaban J connectivity index is 1.84. The number of terminal acetylenes is 1. The first-order valence-electron chi connectivity index (χ1n) is 7.47. The van der Waals surface area contributed by atoms with Crippen LogP contribution in [0.4, 0.5) is 0 Å². The summed E-state index contributed by atoms with van der Waals surface area (Å²) >= 11 is 0. The third kappa shape index (κ3) is 3.92. The highest BCUT2D eigenvalue weighted by Gasteiger charge is 2.38. The van der Waals surface area contributed by atoms with Crippen LogP contribution in [0.5, 0.6) is 0 Å². The van der Waals surface area contributed by atoms with Gasteiger partial charge in [-0.25, -0.2) is 0 Å². The fourth-order valence-corrected chi connectivity index (χ4v) is 2.27. The van der Waals surface area contributed by atoms with Gasteiger partial charge in [0.15, 0.2) is 5.66 Å². The minimum absolute atomic E-state index is 0.00353. The molecule has 0 aliphatic carbocycles. The zero-order valence-corrected chi connectivity index (χ0v) is 12.7. The Hall–Kier alpha value is -2.20. The van der Waals surface area contributed by atoms with Crippen LogP contribution in [0.15, 0.2) is 16.3 Å². The highest BCUT2D eigenvalue weighted by molar-refractivity contribution is 5.92. The molecule has 0 fully saturated rings. The van der Waals surface area contributed by atoms with Crippen LogP contribution in [0.25, 0.3) is 0 Å². The second kappa shape index (κ2) is 7.18. The lowest BCUT2D eigenvalue weighted by molar-refractivity contribution is 0.0945. The Kier molecular flexibility index (Phi) is 5.28. The minimum atomic E-state index is -0.384. The molecular weight excluding hydrogens is 282 g/mol. The summed E-state index contributed by atoms with van der Waals surface area (Å²) in [5.74, 6) is 2.35. The van der Waals surface area contributed by atoms with Gasteiger partial charge in [0, 0.05) is 31.5 Å². The van der Waals surface area contributed by atoms with Crippen molar-refractivity contribution in [2.45, 2.75) is 44.8 Å². The molecule has 7 heteroatoms. The summed E-state index contributed by atoms with van der Waals surface area (Å²) in [6, 6.07) is 1.75. The van der Waals surface area contributed by atoms with E-state index in [0.717, 1.165) is 18.5 Å². The molecule has 0 saturated heterocycles. The van der Waals surface area contributed by atoms with Gasteiger partial charge in [0.2, 0.25) is 0 Å². The first-order chi connectivity index (χ1) is 10.6. The fraction of sp³-hybridized carbons (Fsp3) is 0.600. The third-order valence-corrected chi connectivity index (χ3v) is 3.63. The molecule has 7 nitrogen and oxygen atoms in total. The Bertz CT molecular complexity index is 594. The molecule has 1 aliphatic heterocycles. The van der Waals surface area contributed by atoms with Crippen molar-refractivity contribution in [3.63, 3.8) is 0 Å². The molecule has 0 bridgehead atoms. The first-order valence-corrected chi connectivity index (χ1v) is 7.47.